The van der Waals surface area contributed by atoms with Crippen LogP contribution in [0.2, 0.25) is 0 Å². The van der Waals surface area contributed by atoms with E-state index in [0.29, 0.717) is 0 Å². The summed E-state index contributed by atoms with van der Waals surface area (Å²) < 4.78 is 0. The van der Waals surface area contributed by atoms with E-state index in [-0.39, 0.29) is 0 Å². The molecule has 3 rings (SSSR count). The molecule has 1 N–H and O–H groups in total. The van der Waals surface area contributed by atoms with Gasteiger partial charge in [0.25, 0.3) is 0 Å². The van der Waals surface area contributed by atoms with E-state index in [4.69, 9.17) is 0 Å². The maximum atomic E-state index is 3.71. The minimum Gasteiger partial charge on any atom is -0.311 e. The zero-order valence-electron chi connectivity index (χ0n) is 11.2. The van der Waals surface area contributed by atoms with Crippen LogP contribution >= 0.6 is 0 Å². The van der Waals surface area contributed by atoms with Gasteiger partial charge < -0.3 is 10.2 Å². The Morgan fingerprint density at radius 2 is 1.82 bits per heavy atom. The van der Waals surface area contributed by atoms with Crippen LogP contribution in [0, 0.1) is 11.8 Å². The molecule has 0 aromatic carbocycles. The Morgan fingerprint density at radius 1 is 1.00 bits per heavy atom. The highest BCUT2D eigenvalue weighted by molar-refractivity contribution is 4.91. The molecule has 0 bridgehead atoms. The van der Waals surface area contributed by atoms with Crippen LogP contribution in [0.5, 0.6) is 0 Å². The fourth-order valence-electron chi connectivity index (χ4n) is 3.70. The van der Waals surface area contributed by atoms with E-state index in [1.54, 1.807) is 0 Å². The third-order valence-electron chi connectivity index (χ3n) is 5.06. The highest BCUT2D eigenvalue weighted by Gasteiger charge is 2.33. The van der Waals surface area contributed by atoms with Gasteiger partial charge in [-0.05, 0) is 37.6 Å². The molecule has 1 unspecified atom stereocenters. The molecular weight excluding hydrogens is 208 g/mol. The molecule has 1 atom stereocenters. The van der Waals surface area contributed by atoms with Crippen LogP contribution in [0.3, 0.4) is 0 Å². The highest BCUT2D eigenvalue weighted by Crippen LogP contribution is 2.34. The summed E-state index contributed by atoms with van der Waals surface area (Å²) in [5, 5.41) is 3.71. The second kappa shape index (κ2) is 5.71. The molecule has 98 valence electrons. The first-order valence-electron chi connectivity index (χ1n) is 7.87. The Bertz CT molecular complexity index is 231. The molecule has 1 aliphatic heterocycles. The molecule has 2 heteroatoms. The first-order chi connectivity index (χ1) is 8.42. The largest absolute Gasteiger partial charge is 0.311 e. The minimum atomic E-state index is 0.829. The summed E-state index contributed by atoms with van der Waals surface area (Å²) >= 11 is 0. The summed E-state index contributed by atoms with van der Waals surface area (Å²) in [4.78, 5) is 2.73. The fraction of sp³-hybridized carbons (Fsp3) is 1.00. The van der Waals surface area contributed by atoms with Crippen molar-refractivity contribution in [1.29, 1.82) is 0 Å². The Labute approximate surface area is 106 Å². The number of nitrogens with zero attached hydrogens (tertiary/aromatic N) is 1. The van der Waals surface area contributed by atoms with Crippen molar-refractivity contribution >= 4 is 0 Å². The van der Waals surface area contributed by atoms with Crippen LogP contribution in [-0.4, -0.2) is 37.1 Å². The molecule has 2 saturated carbocycles. The molecule has 2 nitrogen and oxygen atoms in total. The third-order valence-corrected chi connectivity index (χ3v) is 5.06. The fourth-order valence-corrected chi connectivity index (χ4v) is 3.70. The predicted octanol–water partition coefficient (Wildman–Crippen LogP) is 2.64. The van der Waals surface area contributed by atoms with Crippen molar-refractivity contribution in [2.45, 2.75) is 57.4 Å². The first kappa shape index (κ1) is 12.0. The van der Waals surface area contributed by atoms with E-state index < -0.39 is 0 Å². The predicted molar refractivity (Wildman–Crippen MR) is 72.1 cm³/mol. The highest BCUT2D eigenvalue weighted by atomic mass is 15.2. The number of hydrogen-bond donors (Lipinski definition) is 1. The maximum absolute atomic E-state index is 3.71. The summed E-state index contributed by atoms with van der Waals surface area (Å²) in [6, 6.07) is 0.829. The summed E-state index contributed by atoms with van der Waals surface area (Å²) in [6.07, 6.45) is 11.9. The van der Waals surface area contributed by atoms with Gasteiger partial charge in [-0.3, -0.25) is 0 Å². The van der Waals surface area contributed by atoms with E-state index in [2.05, 4.69) is 10.2 Å². The second-order valence-electron chi connectivity index (χ2n) is 6.49. The molecule has 1 saturated heterocycles. The Balaban J connectivity index is 1.38. The number of nitrogens with one attached hydrogen (secondary N) is 1. The van der Waals surface area contributed by atoms with E-state index in [9.17, 15) is 0 Å². The molecule has 0 aromatic rings. The smallest absolute Gasteiger partial charge is 0.0223 e. The topological polar surface area (TPSA) is 15.3 Å². The van der Waals surface area contributed by atoms with Crippen LogP contribution in [0.15, 0.2) is 0 Å². The average molecular weight is 236 g/mol. The Hall–Kier alpha value is -0.0800. The summed E-state index contributed by atoms with van der Waals surface area (Å²) in [5.74, 6) is 2.07. The van der Waals surface area contributed by atoms with Crippen molar-refractivity contribution in [1.82, 2.24) is 10.2 Å². The van der Waals surface area contributed by atoms with Gasteiger partial charge in [0.05, 0.1) is 0 Å². The lowest BCUT2D eigenvalue weighted by Crippen LogP contribution is -2.51. The Kier molecular flexibility index (Phi) is 4.02. The van der Waals surface area contributed by atoms with Gasteiger partial charge in [-0.1, -0.05) is 32.1 Å². The van der Waals surface area contributed by atoms with E-state index in [0.717, 1.165) is 17.9 Å². The number of hydrogen-bond acceptors (Lipinski definition) is 2. The van der Waals surface area contributed by atoms with Crippen LogP contribution in [-0.2, 0) is 0 Å². The number of piperazine rings is 1. The van der Waals surface area contributed by atoms with Gasteiger partial charge in [0.15, 0.2) is 0 Å². The molecular formula is C15H28N2. The normalized spacial score (nSPS) is 32.8. The van der Waals surface area contributed by atoms with Gasteiger partial charge in [-0.15, -0.1) is 0 Å². The van der Waals surface area contributed by atoms with Gasteiger partial charge in [-0.2, -0.15) is 0 Å². The van der Waals surface area contributed by atoms with Crippen molar-refractivity contribution in [3.05, 3.63) is 0 Å². The zero-order valence-corrected chi connectivity index (χ0v) is 11.2. The molecule has 2 aliphatic carbocycles. The van der Waals surface area contributed by atoms with Crippen molar-refractivity contribution in [3.63, 3.8) is 0 Å². The van der Waals surface area contributed by atoms with Crippen molar-refractivity contribution in [3.8, 4) is 0 Å². The SMILES string of the molecule is C1CCC(CCN2CCNC(C3CC3)C2)CC1. The quantitative estimate of drug-likeness (QED) is 0.807. The lowest BCUT2D eigenvalue weighted by Gasteiger charge is -2.35. The first-order valence-corrected chi connectivity index (χ1v) is 7.87. The monoisotopic (exact) mass is 236 g/mol. The van der Waals surface area contributed by atoms with Crippen LogP contribution in [0.25, 0.3) is 0 Å². The lowest BCUT2D eigenvalue weighted by molar-refractivity contribution is 0.171. The summed E-state index contributed by atoms with van der Waals surface area (Å²) in [7, 11) is 0. The molecule has 17 heavy (non-hydrogen) atoms. The molecule has 0 spiro atoms. The third kappa shape index (κ3) is 3.45. The summed E-state index contributed by atoms with van der Waals surface area (Å²) in [5.41, 5.74) is 0. The lowest BCUT2D eigenvalue weighted by atomic mass is 9.87. The van der Waals surface area contributed by atoms with Crippen LogP contribution in [0.1, 0.15) is 51.4 Å². The standard InChI is InChI=1S/C15H28N2/c1-2-4-13(5-3-1)8-10-17-11-9-16-15(12-17)14-6-7-14/h13-16H,1-12H2. The van der Waals surface area contributed by atoms with Gasteiger partial charge in [0, 0.05) is 25.7 Å². The molecule has 1 heterocycles. The number of rotatable bonds is 4. The van der Waals surface area contributed by atoms with Crippen molar-refractivity contribution in [2.75, 3.05) is 26.2 Å². The minimum absolute atomic E-state index is 0.829. The van der Waals surface area contributed by atoms with Crippen LogP contribution in [0.4, 0.5) is 0 Å². The van der Waals surface area contributed by atoms with Gasteiger partial charge in [0.1, 0.15) is 0 Å². The molecule has 0 radical (unpaired) electrons. The van der Waals surface area contributed by atoms with Gasteiger partial charge in [-0.25, -0.2) is 0 Å². The molecule has 3 fully saturated rings. The Morgan fingerprint density at radius 3 is 2.59 bits per heavy atom. The molecule has 0 amide bonds. The van der Waals surface area contributed by atoms with Crippen molar-refractivity contribution < 1.29 is 0 Å². The van der Waals surface area contributed by atoms with E-state index in [1.807, 2.05) is 0 Å². The van der Waals surface area contributed by atoms with Gasteiger partial charge >= 0.3 is 0 Å². The van der Waals surface area contributed by atoms with E-state index >= 15 is 0 Å². The summed E-state index contributed by atoms with van der Waals surface area (Å²) in [6.45, 7) is 5.22. The second-order valence-corrected chi connectivity index (χ2v) is 6.49. The zero-order chi connectivity index (χ0) is 11.5. The molecule has 3 aliphatic rings. The van der Waals surface area contributed by atoms with Crippen molar-refractivity contribution in [2.24, 2.45) is 11.8 Å². The van der Waals surface area contributed by atoms with Crippen LogP contribution < -0.4 is 5.32 Å². The van der Waals surface area contributed by atoms with E-state index in [1.165, 1.54) is 77.5 Å². The van der Waals surface area contributed by atoms with Gasteiger partial charge in [0.2, 0.25) is 0 Å². The molecule has 0 aromatic heterocycles. The maximum Gasteiger partial charge on any atom is 0.0223 e. The average Bonchev–Trinajstić information content (AvgIpc) is 3.22.